The van der Waals surface area contributed by atoms with Gasteiger partial charge in [0, 0.05) is 10.3 Å². The van der Waals surface area contributed by atoms with E-state index in [1.165, 1.54) is 51.4 Å². The van der Waals surface area contributed by atoms with Gasteiger partial charge in [0.1, 0.15) is 0 Å². The van der Waals surface area contributed by atoms with Crippen LogP contribution in [-0.2, 0) is 0 Å². The van der Waals surface area contributed by atoms with Gasteiger partial charge in [-0.15, -0.1) is 0 Å². The molecule has 0 N–H and O–H groups in total. The van der Waals surface area contributed by atoms with E-state index >= 15 is 0 Å². The smallest absolute Gasteiger partial charge is 0.207 e. The molecule has 3 heteroatoms. The number of hydrogen-bond donors (Lipinski definition) is 0. The van der Waals surface area contributed by atoms with E-state index in [2.05, 4.69) is 29.5 Å². The molecular weight excluding hydrogens is 381 g/mol. The van der Waals surface area contributed by atoms with E-state index in [4.69, 9.17) is 0 Å². The first kappa shape index (κ1) is 17.9. The van der Waals surface area contributed by atoms with Crippen LogP contribution >= 0.6 is 22.6 Å². The SMILES string of the molecule is C[C@@H](CCCC1(C2CCC(I)CC2)CC1)CCC(C)(F)F. The molecule has 2 fully saturated rings. The molecule has 2 rings (SSSR count). The van der Waals surface area contributed by atoms with Gasteiger partial charge in [-0.3, -0.25) is 0 Å². The topological polar surface area (TPSA) is 0 Å². The van der Waals surface area contributed by atoms with E-state index in [1.54, 1.807) is 0 Å². The van der Waals surface area contributed by atoms with Gasteiger partial charge in [0.15, 0.2) is 0 Å². The summed E-state index contributed by atoms with van der Waals surface area (Å²) < 4.78 is 26.7. The number of hydrogen-bond acceptors (Lipinski definition) is 0. The third kappa shape index (κ3) is 5.95. The van der Waals surface area contributed by atoms with Crippen molar-refractivity contribution in [1.82, 2.24) is 0 Å². The Morgan fingerprint density at radius 3 is 2.29 bits per heavy atom. The molecule has 0 amide bonds. The van der Waals surface area contributed by atoms with Gasteiger partial charge in [0.25, 0.3) is 0 Å². The minimum atomic E-state index is -2.48. The van der Waals surface area contributed by atoms with Crippen molar-refractivity contribution >= 4 is 22.6 Å². The fourth-order valence-corrected chi connectivity index (χ4v) is 4.85. The van der Waals surface area contributed by atoms with Crippen LogP contribution in [0.3, 0.4) is 0 Å². The zero-order valence-corrected chi connectivity index (χ0v) is 15.8. The van der Waals surface area contributed by atoms with Gasteiger partial charge in [-0.25, -0.2) is 8.78 Å². The standard InChI is InChI=1S/C18H31F2I/c1-14(9-11-17(2,19)20)4-3-10-18(12-13-18)15-5-7-16(21)8-6-15/h14-16H,3-13H2,1-2H3/t14-,15?,16?/m0/s1. The largest absolute Gasteiger partial charge is 0.245 e. The second kappa shape index (κ2) is 7.44. The predicted octanol–water partition coefficient (Wildman–Crippen LogP) is 7.00. The van der Waals surface area contributed by atoms with Crippen LogP contribution in [0.15, 0.2) is 0 Å². The third-order valence-corrected chi connectivity index (χ3v) is 7.11. The van der Waals surface area contributed by atoms with E-state index in [0.29, 0.717) is 17.8 Å². The molecule has 0 aromatic carbocycles. The minimum Gasteiger partial charge on any atom is -0.207 e. The van der Waals surface area contributed by atoms with Crippen LogP contribution in [0.5, 0.6) is 0 Å². The van der Waals surface area contributed by atoms with Crippen LogP contribution in [-0.4, -0.2) is 9.85 Å². The van der Waals surface area contributed by atoms with E-state index in [1.807, 2.05) is 0 Å². The molecule has 0 heterocycles. The zero-order chi connectivity index (χ0) is 15.5. The van der Waals surface area contributed by atoms with Crippen molar-refractivity contribution in [3.8, 4) is 0 Å². The molecule has 0 unspecified atom stereocenters. The van der Waals surface area contributed by atoms with Crippen LogP contribution in [0, 0.1) is 17.3 Å². The average molecular weight is 412 g/mol. The third-order valence-electron chi connectivity index (χ3n) is 5.86. The molecule has 2 saturated carbocycles. The van der Waals surface area contributed by atoms with Crippen LogP contribution in [0.25, 0.3) is 0 Å². The summed E-state index contributed by atoms with van der Waals surface area (Å²) in [6.07, 6.45) is 13.0. The van der Waals surface area contributed by atoms with Crippen molar-refractivity contribution in [3.63, 3.8) is 0 Å². The quantitative estimate of drug-likeness (QED) is 0.297. The fraction of sp³-hybridized carbons (Fsp3) is 1.00. The Hall–Kier alpha value is 0.590. The maximum Gasteiger partial charge on any atom is 0.245 e. The Kier molecular flexibility index (Phi) is 6.35. The first-order chi connectivity index (χ1) is 9.81. The molecule has 0 radical (unpaired) electrons. The van der Waals surface area contributed by atoms with Crippen molar-refractivity contribution in [1.29, 1.82) is 0 Å². The molecule has 0 nitrogen and oxygen atoms in total. The van der Waals surface area contributed by atoms with Gasteiger partial charge in [0.05, 0.1) is 0 Å². The summed E-state index contributed by atoms with van der Waals surface area (Å²) in [6, 6.07) is 0. The summed E-state index contributed by atoms with van der Waals surface area (Å²) in [5.74, 6) is -1.06. The molecule has 0 saturated heterocycles. The highest BCUT2D eigenvalue weighted by molar-refractivity contribution is 14.1. The second-order valence-corrected chi connectivity index (χ2v) is 9.68. The molecular formula is C18H31F2I. The molecule has 0 bridgehead atoms. The van der Waals surface area contributed by atoms with Gasteiger partial charge in [-0.1, -0.05) is 42.4 Å². The first-order valence-corrected chi connectivity index (χ1v) is 10.1. The van der Waals surface area contributed by atoms with E-state index in [9.17, 15) is 8.78 Å². The van der Waals surface area contributed by atoms with Gasteiger partial charge < -0.3 is 0 Å². The zero-order valence-electron chi connectivity index (χ0n) is 13.6. The Balaban J connectivity index is 1.64. The summed E-state index contributed by atoms with van der Waals surface area (Å²) in [7, 11) is 0. The Bertz CT molecular complexity index is 312. The lowest BCUT2D eigenvalue weighted by molar-refractivity contribution is 0.00679. The van der Waals surface area contributed by atoms with Crippen LogP contribution in [0.2, 0.25) is 0 Å². The summed E-state index contributed by atoms with van der Waals surface area (Å²) in [5, 5.41) is 0. The lowest BCUT2D eigenvalue weighted by Gasteiger charge is -2.32. The molecule has 0 spiro atoms. The predicted molar refractivity (Wildman–Crippen MR) is 94.3 cm³/mol. The maximum atomic E-state index is 12.9. The monoisotopic (exact) mass is 412 g/mol. The molecule has 124 valence electrons. The summed E-state index contributed by atoms with van der Waals surface area (Å²) in [6.45, 7) is 3.19. The van der Waals surface area contributed by atoms with Gasteiger partial charge >= 0.3 is 0 Å². The second-order valence-electron chi connectivity index (χ2n) is 7.92. The van der Waals surface area contributed by atoms with E-state index in [0.717, 1.165) is 23.2 Å². The Morgan fingerprint density at radius 2 is 1.76 bits per heavy atom. The molecule has 2 aliphatic rings. The molecule has 0 aliphatic heterocycles. The first-order valence-electron chi connectivity index (χ1n) is 8.83. The lowest BCUT2D eigenvalue weighted by Crippen LogP contribution is -2.23. The number of rotatable bonds is 8. The minimum absolute atomic E-state index is 0.0545. The summed E-state index contributed by atoms with van der Waals surface area (Å²) >= 11 is 2.61. The van der Waals surface area contributed by atoms with E-state index in [-0.39, 0.29) is 6.42 Å². The highest BCUT2D eigenvalue weighted by atomic mass is 127. The van der Waals surface area contributed by atoms with Gasteiger partial charge in [0.2, 0.25) is 5.92 Å². The lowest BCUT2D eigenvalue weighted by atomic mass is 9.75. The summed E-state index contributed by atoms with van der Waals surface area (Å²) in [4.78, 5) is 0. The van der Waals surface area contributed by atoms with Crippen LogP contribution in [0.1, 0.15) is 84.5 Å². The molecule has 21 heavy (non-hydrogen) atoms. The fourth-order valence-electron chi connectivity index (χ4n) is 4.13. The number of alkyl halides is 3. The van der Waals surface area contributed by atoms with Crippen LogP contribution < -0.4 is 0 Å². The highest BCUT2D eigenvalue weighted by Crippen LogP contribution is 2.59. The maximum absolute atomic E-state index is 12.9. The average Bonchev–Trinajstić information content (AvgIpc) is 3.17. The number of halogens is 3. The van der Waals surface area contributed by atoms with Crippen molar-refractivity contribution < 1.29 is 8.78 Å². The van der Waals surface area contributed by atoms with Crippen molar-refractivity contribution in [2.45, 2.75) is 94.3 Å². The van der Waals surface area contributed by atoms with E-state index < -0.39 is 5.92 Å². The highest BCUT2D eigenvalue weighted by Gasteiger charge is 2.48. The normalized spacial score (nSPS) is 30.1. The Morgan fingerprint density at radius 1 is 1.14 bits per heavy atom. The molecule has 1 atom stereocenters. The molecule has 0 aromatic rings. The van der Waals surface area contributed by atoms with Crippen molar-refractivity contribution in [3.05, 3.63) is 0 Å². The Labute approximate surface area is 143 Å². The summed E-state index contributed by atoms with van der Waals surface area (Å²) in [5.41, 5.74) is 0.672. The van der Waals surface area contributed by atoms with Gasteiger partial charge in [-0.05, 0) is 75.5 Å². The van der Waals surface area contributed by atoms with Gasteiger partial charge in [-0.2, -0.15) is 0 Å². The molecule has 2 aliphatic carbocycles. The van der Waals surface area contributed by atoms with Crippen molar-refractivity contribution in [2.24, 2.45) is 17.3 Å². The van der Waals surface area contributed by atoms with Crippen LogP contribution in [0.4, 0.5) is 8.78 Å². The molecule has 0 aromatic heterocycles. The van der Waals surface area contributed by atoms with Crippen molar-refractivity contribution in [2.75, 3.05) is 0 Å².